The Morgan fingerprint density at radius 3 is 1.40 bits per heavy atom. The van der Waals surface area contributed by atoms with Gasteiger partial charge in [0.2, 0.25) is 0 Å². The standard InChI is InChI=1S/C21H17N5O.C13H10ClN3O.C9H10N2.C7H9NO.C6H2Cl2N2/c1-14-21(26-12-4-3-5-19(26)23-14)20-15(13-22)6-11-18(25-20)24-16-7-9-17(27-2)10-8-16;1-18-11-5-3-10(4-6-11)16-12-7-2-9(8-15)13(14)17-12;1-7-8(2)11-6-4-3-5-9(11)10-7;1-9-7-4-2-6(8)3-5-7;7-5-2-1-4(3-9)6(8)10-5/h3-12H,1-2H3,(H,24,25);2-7H,1H3,(H,16,17);3-6H,1-2H3;2-5H,8H2,1H3;1-2H. The Hall–Kier alpha value is -9.37. The van der Waals surface area contributed by atoms with Crippen molar-refractivity contribution < 1.29 is 14.2 Å². The number of nitrogens with zero attached hydrogens (tertiary/aromatic N) is 10. The quantitative estimate of drug-likeness (QED) is 0.0951. The van der Waals surface area contributed by atoms with E-state index in [1.807, 2.05) is 140 Å². The molecule has 7 aromatic heterocycles. The van der Waals surface area contributed by atoms with Crippen LogP contribution in [0.2, 0.25) is 15.5 Å². The smallest absolute Gasteiger partial charge is 0.149 e. The highest BCUT2D eigenvalue weighted by atomic mass is 35.5. The number of halogens is 3. The molecule has 0 bridgehead atoms. The van der Waals surface area contributed by atoms with Crippen LogP contribution in [0.1, 0.15) is 33.8 Å². The molecule has 376 valence electrons. The summed E-state index contributed by atoms with van der Waals surface area (Å²) in [5, 5.41) is 33.7. The number of nitriles is 3. The summed E-state index contributed by atoms with van der Waals surface area (Å²) >= 11 is 16.8. The number of nitrogens with two attached hydrogens (primary N) is 1. The first kappa shape index (κ1) is 55.0. The van der Waals surface area contributed by atoms with Gasteiger partial charge in [0.1, 0.15) is 79.5 Å². The Balaban J connectivity index is 0.000000164. The van der Waals surface area contributed by atoms with Crippen molar-refractivity contribution in [1.29, 1.82) is 15.8 Å². The van der Waals surface area contributed by atoms with Crippen molar-refractivity contribution in [1.82, 2.24) is 33.7 Å². The molecule has 0 saturated carbocycles. The van der Waals surface area contributed by atoms with Crippen molar-refractivity contribution in [3.05, 3.63) is 207 Å². The number of hydrogen-bond acceptors (Lipinski definition) is 14. The zero-order valence-electron chi connectivity index (χ0n) is 41.4. The normalized spacial score (nSPS) is 9.95. The van der Waals surface area contributed by atoms with Crippen LogP contribution in [-0.4, -0.2) is 55.1 Å². The molecular weight excluding hydrogens is 1010 g/mol. The number of nitrogen functional groups attached to an aromatic ring is 1. The summed E-state index contributed by atoms with van der Waals surface area (Å²) in [6.07, 6.45) is 3.96. The fourth-order valence-electron chi connectivity index (χ4n) is 6.77. The number of ether oxygens (including phenoxy) is 3. The molecule has 0 spiro atoms. The maximum absolute atomic E-state index is 9.56. The molecule has 0 unspecified atom stereocenters. The fraction of sp³-hybridized carbons (Fsp3) is 0.107. The largest absolute Gasteiger partial charge is 0.497 e. The van der Waals surface area contributed by atoms with Crippen molar-refractivity contribution in [2.45, 2.75) is 20.8 Å². The van der Waals surface area contributed by atoms with Crippen LogP contribution in [-0.2, 0) is 0 Å². The minimum Gasteiger partial charge on any atom is -0.497 e. The number of anilines is 5. The zero-order chi connectivity index (χ0) is 53.9. The van der Waals surface area contributed by atoms with Crippen LogP contribution in [0.3, 0.4) is 0 Å². The molecule has 0 aliphatic rings. The summed E-state index contributed by atoms with van der Waals surface area (Å²) in [7, 11) is 4.88. The van der Waals surface area contributed by atoms with Gasteiger partial charge in [0, 0.05) is 35.1 Å². The van der Waals surface area contributed by atoms with Gasteiger partial charge in [0.15, 0.2) is 0 Å². The highest BCUT2D eigenvalue weighted by molar-refractivity contribution is 6.33. The minimum atomic E-state index is 0.148. The molecule has 10 aromatic rings. The monoisotopic (exact) mass is 1060 g/mol. The molecule has 4 N–H and O–H groups in total. The third-order valence-electron chi connectivity index (χ3n) is 10.7. The molecule has 0 aliphatic heterocycles. The second-order valence-corrected chi connectivity index (χ2v) is 16.7. The van der Waals surface area contributed by atoms with Crippen LogP contribution in [0.5, 0.6) is 17.2 Å². The van der Waals surface area contributed by atoms with E-state index < -0.39 is 0 Å². The van der Waals surface area contributed by atoms with Crippen LogP contribution in [0, 0.1) is 54.8 Å². The van der Waals surface area contributed by atoms with E-state index in [2.05, 4.69) is 48.0 Å². The first-order valence-electron chi connectivity index (χ1n) is 22.5. The van der Waals surface area contributed by atoms with E-state index >= 15 is 0 Å². The third-order valence-corrected chi connectivity index (χ3v) is 11.5. The Kier molecular flexibility index (Phi) is 19.7. The second-order valence-electron chi connectivity index (χ2n) is 15.6. The third kappa shape index (κ3) is 15.1. The summed E-state index contributed by atoms with van der Waals surface area (Å²) in [6, 6.07) is 50.1. The molecule has 0 amide bonds. The predicted molar refractivity (Wildman–Crippen MR) is 295 cm³/mol. The van der Waals surface area contributed by atoms with Crippen LogP contribution in [0.4, 0.5) is 28.7 Å². The van der Waals surface area contributed by atoms with Gasteiger partial charge in [-0.2, -0.15) is 15.8 Å². The van der Waals surface area contributed by atoms with E-state index in [4.69, 9.17) is 70.3 Å². The van der Waals surface area contributed by atoms with Crippen molar-refractivity contribution in [3.63, 3.8) is 0 Å². The van der Waals surface area contributed by atoms with E-state index in [1.165, 1.54) is 17.8 Å². The van der Waals surface area contributed by atoms with Gasteiger partial charge in [-0.1, -0.05) is 46.9 Å². The number of benzene rings is 3. The average Bonchev–Trinajstić information content (AvgIpc) is 3.93. The van der Waals surface area contributed by atoms with Gasteiger partial charge in [0.25, 0.3) is 0 Å². The number of rotatable bonds is 8. The van der Waals surface area contributed by atoms with Gasteiger partial charge in [-0.25, -0.2) is 24.9 Å². The highest BCUT2D eigenvalue weighted by Crippen LogP contribution is 2.29. The summed E-state index contributed by atoms with van der Waals surface area (Å²) in [5.41, 5.74) is 15.6. The molecule has 0 radical (unpaired) electrons. The van der Waals surface area contributed by atoms with Crippen molar-refractivity contribution in [2.75, 3.05) is 37.7 Å². The number of aromatic nitrogens is 7. The molecule has 19 heteroatoms. The van der Waals surface area contributed by atoms with Crippen LogP contribution >= 0.6 is 34.8 Å². The molecule has 0 atom stereocenters. The molecule has 75 heavy (non-hydrogen) atoms. The number of fused-ring (bicyclic) bond motifs is 2. The first-order valence-corrected chi connectivity index (χ1v) is 23.7. The Labute approximate surface area is 448 Å². The zero-order valence-corrected chi connectivity index (χ0v) is 43.7. The van der Waals surface area contributed by atoms with E-state index in [0.29, 0.717) is 39.2 Å². The van der Waals surface area contributed by atoms with Crippen LogP contribution in [0.15, 0.2) is 158 Å². The van der Waals surface area contributed by atoms with Gasteiger partial charge in [-0.15, -0.1) is 0 Å². The maximum atomic E-state index is 9.56. The number of methoxy groups -OCH3 is 3. The summed E-state index contributed by atoms with van der Waals surface area (Å²) < 4.78 is 19.2. The molecule has 0 aliphatic carbocycles. The highest BCUT2D eigenvalue weighted by Gasteiger charge is 2.17. The molecule has 7 heterocycles. The molecular formula is C56H48Cl3N13O3. The Morgan fingerprint density at radius 2 is 0.920 bits per heavy atom. The topological polar surface area (TPSA) is 222 Å². The lowest BCUT2D eigenvalue weighted by atomic mass is 10.1. The first-order chi connectivity index (χ1) is 36.3. The van der Waals surface area contributed by atoms with Crippen LogP contribution in [0.25, 0.3) is 22.7 Å². The van der Waals surface area contributed by atoms with Gasteiger partial charge < -0.3 is 35.0 Å². The van der Waals surface area contributed by atoms with Crippen molar-refractivity contribution >= 4 is 74.8 Å². The molecule has 0 saturated heterocycles. The lowest BCUT2D eigenvalue weighted by Gasteiger charge is -2.10. The van der Waals surface area contributed by atoms with Gasteiger partial charge in [-0.3, -0.25) is 4.40 Å². The molecule has 10 rings (SSSR count). The number of nitrogens with one attached hydrogen (secondary N) is 2. The van der Waals surface area contributed by atoms with E-state index in [9.17, 15) is 5.26 Å². The molecule has 0 fully saturated rings. The Bertz CT molecular complexity index is 3640. The summed E-state index contributed by atoms with van der Waals surface area (Å²) in [6.45, 7) is 6.03. The SMILES string of the molecule is COc1ccc(N)cc1.COc1ccc(Nc2ccc(C#N)c(-c3c(C)nc4ccccn34)n2)cc1.COc1ccc(Nc2ccc(C#N)c(Cl)n2)cc1.Cc1nc2ccccn2c1C.N#Cc1ccc(Cl)nc1Cl. The average molecular weight is 1060 g/mol. The van der Waals surface area contributed by atoms with Crippen molar-refractivity contribution in [2.24, 2.45) is 0 Å². The maximum Gasteiger partial charge on any atom is 0.149 e. The van der Waals surface area contributed by atoms with Gasteiger partial charge >= 0.3 is 0 Å². The fourth-order valence-corrected chi connectivity index (χ4v) is 7.35. The van der Waals surface area contributed by atoms with Crippen LogP contribution < -0.4 is 30.6 Å². The van der Waals surface area contributed by atoms with Gasteiger partial charge in [-0.05, 0) is 154 Å². The molecule has 3 aromatic carbocycles. The molecule has 16 nitrogen and oxygen atoms in total. The van der Waals surface area contributed by atoms with E-state index in [0.717, 1.165) is 62.7 Å². The van der Waals surface area contributed by atoms with Gasteiger partial charge in [0.05, 0.1) is 55.1 Å². The van der Waals surface area contributed by atoms with E-state index in [1.54, 1.807) is 57.7 Å². The number of pyridine rings is 5. The van der Waals surface area contributed by atoms with E-state index in [-0.39, 0.29) is 10.3 Å². The summed E-state index contributed by atoms with van der Waals surface area (Å²) in [5.74, 6) is 3.65. The number of aryl methyl sites for hydroxylation is 3. The number of hydrogen-bond donors (Lipinski definition) is 3. The summed E-state index contributed by atoms with van der Waals surface area (Å²) in [4.78, 5) is 21.4. The number of imidazole rings is 2. The second kappa shape index (κ2) is 26.9. The minimum absolute atomic E-state index is 0.148. The predicted octanol–water partition coefficient (Wildman–Crippen LogP) is 13.2. The van der Waals surface area contributed by atoms with Crippen molar-refractivity contribution in [3.8, 4) is 46.8 Å². The lowest BCUT2D eigenvalue weighted by Crippen LogP contribution is -2.00. The Morgan fingerprint density at radius 1 is 0.480 bits per heavy atom. The lowest BCUT2D eigenvalue weighted by molar-refractivity contribution is 0.415.